The van der Waals surface area contributed by atoms with Crippen LogP contribution < -0.4 is 15.8 Å². The van der Waals surface area contributed by atoms with Crippen molar-refractivity contribution < 1.29 is 9.26 Å². The standard InChI is InChI=1S/C20H22N4O2.HI/c1-14-19(15(2)26-24-14)11-12-22-20(21)23-16-7-6-10-18(13-16)25-17-8-4-3-5-9-17;/h3-10,13H,11-12H2,1-2H3,(H3,21,22,23);1H. The van der Waals surface area contributed by atoms with E-state index in [0.29, 0.717) is 12.5 Å². The van der Waals surface area contributed by atoms with Crippen LogP contribution in [0.3, 0.4) is 0 Å². The van der Waals surface area contributed by atoms with Crippen LogP contribution in [0.4, 0.5) is 5.69 Å². The summed E-state index contributed by atoms with van der Waals surface area (Å²) in [6.07, 6.45) is 0.737. The second-order valence-corrected chi connectivity index (χ2v) is 5.89. The summed E-state index contributed by atoms with van der Waals surface area (Å²) in [4.78, 5) is 4.36. The minimum atomic E-state index is 0. The zero-order valence-corrected chi connectivity index (χ0v) is 17.6. The van der Waals surface area contributed by atoms with Gasteiger partial charge in [-0.2, -0.15) is 0 Å². The largest absolute Gasteiger partial charge is 0.457 e. The molecule has 3 aromatic rings. The molecular formula is C20H23IN4O2. The molecule has 0 unspecified atom stereocenters. The molecule has 3 rings (SSSR count). The quantitative estimate of drug-likeness (QED) is 0.306. The normalized spacial score (nSPS) is 11.0. The highest BCUT2D eigenvalue weighted by atomic mass is 127. The third kappa shape index (κ3) is 5.99. The highest BCUT2D eigenvalue weighted by molar-refractivity contribution is 14.0. The summed E-state index contributed by atoms with van der Waals surface area (Å²) >= 11 is 0. The van der Waals surface area contributed by atoms with Crippen molar-refractivity contribution in [2.24, 2.45) is 10.7 Å². The van der Waals surface area contributed by atoms with Crippen LogP contribution in [0.15, 0.2) is 64.1 Å². The van der Waals surface area contributed by atoms with E-state index in [9.17, 15) is 0 Å². The zero-order valence-electron chi connectivity index (χ0n) is 15.3. The smallest absolute Gasteiger partial charge is 0.193 e. The van der Waals surface area contributed by atoms with E-state index >= 15 is 0 Å². The number of hydrogen-bond acceptors (Lipinski definition) is 4. The Labute approximate surface area is 175 Å². The van der Waals surface area contributed by atoms with Crippen molar-refractivity contribution in [1.29, 1.82) is 0 Å². The number of guanidine groups is 1. The van der Waals surface area contributed by atoms with Gasteiger partial charge in [-0.15, -0.1) is 24.0 Å². The molecule has 0 spiro atoms. The SMILES string of the molecule is Cc1noc(C)c1CCN=C(N)Nc1cccc(Oc2ccccc2)c1.I. The number of rotatable bonds is 6. The van der Waals surface area contributed by atoms with Gasteiger partial charge in [-0.3, -0.25) is 4.99 Å². The Hall–Kier alpha value is -2.55. The molecule has 0 aliphatic carbocycles. The number of aromatic nitrogens is 1. The Morgan fingerprint density at radius 2 is 1.85 bits per heavy atom. The van der Waals surface area contributed by atoms with E-state index in [-0.39, 0.29) is 24.0 Å². The molecule has 0 bridgehead atoms. The van der Waals surface area contributed by atoms with Crippen LogP contribution in [0.2, 0.25) is 0 Å². The molecule has 0 radical (unpaired) electrons. The van der Waals surface area contributed by atoms with Crippen LogP contribution in [-0.2, 0) is 6.42 Å². The molecule has 142 valence electrons. The Balaban J connectivity index is 0.00000261. The van der Waals surface area contributed by atoms with Crippen molar-refractivity contribution >= 4 is 35.6 Å². The first-order valence-corrected chi connectivity index (χ1v) is 8.43. The number of aryl methyl sites for hydroxylation is 2. The van der Waals surface area contributed by atoms with Crippen LogP contribution in [-0.4, -0.2) is 17.7 Å². The number of anilines is 1. The lowest BCUT2D eigenvalue weighted by Gasteiger charge is -2.09. The van der Waals surface area contributed by atoms with Crippen LogP contribution in [0, 0.1) is 13.8 Å². The van der Waals surface area contributed by atoms with Gasteiger partial charge in [0.15, 0.2) is 5.96 Å². The number of benzene rings is 2. The van der Waals surface area contributed by atoms with Gasteiger partial charge in [0, 0.05) is 23.9 Å². The molecule has 2 aromatic carbocycles. The average Bonchev–Trinajstić information content (AvgIpc) is 2.95. The third-order valence-corrected chi connectivity index (χ3v) is 3.91. The fourth-order valence-corrected chi connectivity index (χ4v) is 2.60. The van der Waals surface area contributed by atoms with Crippen molar-refractivity contribution in [3.8, 4) is 11.5 Å². The monoisotopic (exact) mass is 478 g/mol. The molecular weight excluding hydrogens is 455 g/mol. The van der Waals surface area contributed by atoms with Crippen molar-refractivity contribution in [2.75, 3.05) is 11.9 Å². The summed E-state index contributed by atoms with van der Waals surface area (Å²) in [5, 5.41) is 7.03. The lowest BCUT2D eigenvalue weighted by molar-refractivity contribution is 0.392. The van der Waals surface area contributed by atoms with Crippen LogP contribution in [0.5, 0.6) is 11.5 Å². The van der Waals surface area contributed by atoms with Gasteiger partial charge in [0.2, 0.25) is 0 Å². The summed E-state index contributed by atoms with van der Waals surface area (Å²) < 4.78 is 11.0. The lowest BCUT2D eigenvalue weighted by Crippen LogP contribution is -2.23. The summed E-state index contributed by atoms with van der Waals surface area (Å²) in [6, 6.07) is 17.2. The number of para-hydroxylation sites is 1. The number of nitrogens with zero attached hydrogens (tertiary/aromatic N) is 2. The first-order valence-electron chi connectivity index (χ1n) is 8.43. The van der Waals surface area contributed by atoms with Crippen LogP contribution in [0.25, 0.3) is 0 Å². The topological polar surface area (TPSA) is 85.7 Å². The molecule has 0 atom stereocenters. The van der Waals surface area contributed by atoms with Crippen molar-refractivity contribution in [3.05, 3.63) is 71.6 Å². The molecule has 1 aromatic heterocycles. The third-order valence-electron chi connectivity index (χ3n) is 3.91. The van der Waals surface area contributed by atoms with Gasteiger partial charge in [0.1, 0.15) is 17.3 Å². The summed E-state index contributed by atoms with van der Waals surface area (Å²) in [6.45, 7) is 4.39. The zero-order chi connectivity index (χ0) is 18.4. The maximum Gasteiger partial charge on any atom is 0.193 e. The molecule has 0 amide bonds. The Bertz CT molecular complexity index is 875. The minimum Gasteiger partial charge on any atom is -0.457 e. The Kier molecular flexibility index (Phi) is 7.66. The summed E-state index contributed by atoms with van der Waals surface area (Å²) in [5.74, 6) is 2.69. The van der Waals surface area contributed by atoms with E-state index in [1.165, 1.54) is 0 Å². The van der Waals surface area contributed by atoms with E-state index in [4.69, 9.17) is 15.0 Å². The highest BCUT2D eigenvalue weighted by Crippen LogP contribution is 2.23. The number of aliphatic imine (C=N–C) groups is 1. The van der Waals surface area contributed by atoms with E-state index < -0.39 is 0 Å². The summed E-state index contributed by atoms with van der Waals surface area (Å²) in [5.41, 5.74) is 8.78. The van der Waals surface area contributed by atoms with Gasteiger partial charge in [0.05, 0.1) is 5.69 Å². The second-order valence-electron chi connectivity index (χ2n) is 5.89. The average molecular weight is 478 g/mol. The van der Waals surface area contributed by atoms with Gasteiger partial charge >= 0.3 is 0 Å². The Morgan fingerprint density at radius 3 is 2.56 bits per heavy atom. The molecule has 7 heteroatoms. The maximum absolute atomic E-state index is 5.98. The summed E-state index contributed by atoms with van der Waals surface area (Å²) in [7, 11) is 0. The van der Waals surface area contributed by atoms with E-state index in [1.54, 1.807) is 0 Å². The van der Waals surface area contributed by atoms with Gasteiger partial charge in [-0.25, -0.2) is 0 Å². The number of nitrogens with one attached hydrogen (secondary N) is 1. The fourth-order valence-electron chi connectivity index (χ4n) is 2.60. The first kappa shape index (κ1) is 20.8. The second kappa shape index (κ2) is 9.96. The molecule has 27 heavy (non-hydrogen) atoms. The van der Waals surface area contributed by atoms with Gasteiger partial charge in [-0.1, -0.05) is 29.4 Å². The molecule has 6 nitrogen and oxygen atoms in total. The van der Waals surface area contributed by atoms with Crippen molar-refractivity contribution in [1.82, 2.24) is 5.16 Å². The fraction of sp³-hybridized carbons (Fsp3) is 0.200. The number of halogens is 1. The van der Waals surface area contributed by atoms with Crippen molar-refractivity contribution in [3.63, 3.8) is 0 Å². The van der Waals surface area contributed by atoms with Crippen LogP contribution in [0.1, 0.15) is 17.0 Å². The molecule has 0 saturated heterocycles. The van der Waals surface area contributed by atoms with Gasteiger partial charge in [-0.05, 0) is 44.5 Å². The predicted molar refractivity (Wildman–Crippen MR) is 118 cm³/mol. The number of hydrogen-bond donors (Lipinski definition) is 2. The highest BCUT2D eigenvalue weighted by Gasteiger charge is 2.08. The number of ether oxygens (including phenoxy) is 1. The Morgan fingerprint density at radius 1 is 1.11 bits per heavy atom. The van der Waals surface area contributed by atoms with Crippen molar-refractivity contribution in [2.45, 2.75) is 20.3 Å². The van der Waals surface area contributed by atoms with Crippen LogP contribution >= 0.6 is 24.0 Å². The number of nitrogens with two attached hydrogens (primary N) is 1. The molecule has 3 N–H and O–H groups in total. The lowest BCUT2D eigenvalue weighted by atomic mass is 10.1. The van der Waals surface area contributed by atoms with E-state index in [1.807, 2.05) is 68.4 Å². The molecule has 0 saturated carbocycles. The predicted octanol–water partition coefficient (Wildman–Crippen LogP) is 4.67. The van der Waals surface area contributed by atoms with Gasteiger partial charge in [0.25, 0.3) is 0 Å². The first-order chi connectivity index (χ1) is 12.6. The minimum absolute atomic E-state index is 0. The maximum atomic E-state index is 5.98. The van der Waals surface area contributed by atoms with E-state index in [0.717, 1.165) is 40.6 Å². The molecule has 1 heterocycles. The molecule has 0 aliphatic heterocycles. The molecule has 0 aliphatic rings. The van der Waals surface area contributed by atoms with E-state index in [2.05, 4.69) is 15.5 Å². The van der Waals surface area contributed by atoms with Gasteiger partial charge < -0.3 is 20.3 Å². The molecule has 0 fully saturated rings.